The molecule has 3 amide bonds. The summed E-state index contributed by atoms with van der Waals surface area (Å²) < 4.78 is 10.6. The number of rotatable bonds is 6. The van der Waals surface area contributed by atoms with Crippen LogP contribution in [-0.4, -0.2) is 38.2 Å². The zero-order valence-electron chi connectivity index (χ0n) is 15.4. The summed E-state index contributed by atoms with van der Waals surface area (Å²) in [7, 11) is 1.54. The summed E-state index contributed by atoms with van der Waals surface area (Å²) in [6.07, 6.45) is 0.257. The molecule has 1 aliphatic rings. The standard InChI is InChI=1S/C20H23N3O4/c1-3-27-16-10-8-15(9-11-16)23-13-14(12-19(23)24)21-20(25)22-17-6-4-5-7-18(17)26-2/h4-11,14H,3,12-13H2,1-2H3,(H2,21,22,25). The normalized spacial score (nSPS) is 16.1. The second-order valence-electron chi connectivity index (χ2n) is 6.13. The Hall–Kier alpha value is -3.22. The van der Waals surface area contributed by atoms with E-state index in [0.29, 0.717) is 24.6 Å². The van der Waals surface area contributed by atoms with Crippen molar-refractivity contribution in [2.45, 2.75) is 19.4 Å². The third kappa shape index (κ3) is 4.49. The Morgan fingerprint density at radius 1 is 1.19 bits per heavy atom. The number of anilines is 2. The molecule has 7 nitrogen and oxygen atoms in total. The lowest BCUT2D eigenvalue weighted by Gasteiger charge is -2.18. The fraction of sp³-hybridized carbons (Fsp3) is 0.300. The number of amides is 3. The van der Waals surface area contributed by atoms with Gasteiger partial charge in [-0.05, 0) is 43.3 Å². The molecule has 1 aliphatic heterocycles. The SMILES string of the molecule is CCOc1ccc(N2CC(NC(=O)Nc3ccccc3OC)CC2=O)cc1. The van der Waals surface area contributed by atoms with Crippen molar-refractivity contribution in [1.29, 1.82) is 0 Å². The monoisotopic (exact) mass is 369 g/mol. The van der Waals surface area contributed by atoms with Gasteiger partial charge in [0.2, 0.25) is 5.91 Å². The highest BCUT2D eigenvalue weighted by Gasteiger charge is 2.31. The van der Waals surface area contributed by atoms with Gasteiger partial charge < -0.3 is 25.0 Å². The smallest absolute Gasteiger partial charge is 0.319 e. The Labute approximate surface area is 158 Å². The van der Waals surface area contributed by atoms with E-state index in [1.54, 1.807) is 24.1 Å². The van der Waals surface area contributed by atoms with Gasteiger partial charge in [0.05, 0.1) is 25.4 Å². The number of nitrogens with zero attached hydrogens (tertiary/aromatic N) is 1. The molecular formula is C20H23N3O4. The number of ether oxygens (including phenoxy) is 2. The number of carbonyl (C=O) groups is 2. The molecule has 2 aromatic carbocycles. The summed E-state index contributed by atoms with van der Waals surface area (Å²) in [6.45, 7) is 2.94. The van der Waals surface area contributed by atoms with Crippen LogP contribution in [0.15, 0.2) is 48.5 Å². The van der Waals surface area contributed by atoms with Gasteiger partial charge in [0.25, 0.3) is 0 Å². The van der Waals surface area contributed by atoms with E-state index in [0.717, 1.165) is 11.4 Å². The molecule has 3 rings (SSSR count). The number of nitrogens with one attached hydrogen (secondary N) is 2. The molecular weight excluding hydrogens is 346 g/mol. The molecule has 1 unspecified atom stereocenters. The molecule has 2 aromatic rings. The van der Waals surface area contributed by atoms with Crippen LogP contribution < -0.4 is 25.0 Å². The number of hydrogen-bond donors (Lipinski definition) is 2. The van der Waals surface area contributed by atoms with Crippen molar-refractivity contribution in [2.75, 3.05) is 30.5 Å². The van der Waals surface area contributed by atoms with Crippen LogP contribution in [0.5, 0.6) is 11.5 Å². The molecule has 1 heterocycles. The van der Waals surface area contributed by atoms with Crippen LogP contribution in [-0.2, 0) is 4.79 Å². The Morgan fingerprint density at radius 2 is 1.93 bits per heavy atom. The molecule has 7 heteroatoms. The molecule has 27 heavy (non-hydrogen) atoms. The maximum absolute atomic E-state index is 12.3. The van der Waals surface area contributed by atoms with Crippen LogP contribution >= 0.6 is 0 Å². The molecule has 1 saturated heterocycles. The quantitative estimate of drug-likeness (QED) is 0.820. The summed E-state index contributed by atoms with van der Waals surface area (Å²) in [6, 6.07) is 13.9. The second kappa shape index (κ2) is 8.44. The van der Waals surface area contributed by atoms with E-state index in [1.165, 1.54) is 0 Å². The van der Waals surface area contributed by atoms with E-state index in [9.17, 15) is 9.59 Å². The average Bonchev–Trinajstić information content (AvgIpc) is 3.03. The van der Waals surface area contributed by atoms with Crippen LogP contribution in [0.25, 0.3) is 0 Å². The molecule has 1 atom stereocenters. The minimum Gasteiger partial charge on any atom is -0.495 e. The maximum Gasteiger partial charge on any atom is 0.319 e. The molecule has 0 aliphatic carbocycles. The van der Waals surface area contributed by atoms with Gasteiger partial charge in [-0.2, -0.15) is 0 Å². The lowest BCUT2D eigenvalue weighted by Crippen LogP contribution is -2.39. The first-order chi connectivity index (χ1) is 13.1. The number of benzene rings is 2. The summed E-state index contributed by atoms with van der Waals surface area (Å²) >= 11 is 0. The van der Waals surface area contributed by atoms with E-state index in [-0.39, 0.29) is 24.4 Å². The van der Waals surface area contributed by atoms with Crippen LogP contribution in [0.3, 0.4) is 0 Å². The van der Waals surface area contributed by atoms with Crippen molar-refractivity contribution < 1.29 is 19.1 Å². The summed E-state index contributed by atoms with van der Waals surface area (Å²) in [5.41, 5.74) is 1.36. The summed E-state index contributed by atoms with van der Waals surface area (Å²) in [5, 5.41) is 5.61. The minimum atomic E-state index is -0.370. The van der Waals surface area contributed by atoms with Gasteiger partial charge in [-0.15, -0.1) is 0 Å². The summed E-state index contributed by atoms with van der Waals surface area (Å²) in [5.74, 6) is 1.31. The fourth-order valence-electron chi connectivity index (χ4n) is 3.03. The topological polar surface area (TPSA) is 79.9 Å². The van der Waals surface area contributed by atoms with E-state index >= 15 is 0 Å². The number of carbonyl (C=O) groups excluding carboxylic acids is 2. The molecule has 0 spiro atoms. The Kier molecular flexibility index (Phi) is 5.80. The molecule has 0 radical (unpaired) electrons. The molecule has 2 N–H and O–H groups in total. The van der Waals surface area contributed by atoms with Gasteiger partial charge in [-0.3, -0.25) is 4.79 Å². The third-order valence-electron chi connectivity index (χ3n) is 4.27. The van der Waals surface area contributed by atoms with Gasteiger partial charge in [0.1, 0.15) is 11.5 Å². The Bertz CT molecular complexity index is 807. The minimum absolute atomic E-state index is 0.0262. The van der Waals surface area contributed by atoms with E-state index in [2.05, 4.69) is 10.6 Å². The first kappa shape index (κ1) is 18.6. The van der Waals surface area contributed by atoms with Crippen molar-refractivity contribution in [3.8, 4) is 11.5 Å². The maximum atomic E-state index is 12.3. The highest BCUT2D eigenvalue weighted by Crippen LogP contribution is 2.25. The molecule has 142 valence electrons. The van der Waals surface area contributed by atoms with Crippen molar-refractivity contribution >= 4 is 23.3 Å². The van der Waals surface area contributed by atoms with Gasteiger partial charge in [-0.1, -0.05) is 12.1 Å². The van der Waals surface area contributed by atoms with Crippen molar-refractivity contribution in [2.24, 2.45) is 0 Å². The van der Waals surface area contributed by atoms with Crippen molar-refractivity contribution in [3.05, 3.63) is 48.5 Å². The highest BCUT2D eigenvalue weighted by atomic mass is 16.5. The number of urea groups is 1. The number of hydrogen-bond acceptors (Lipinski definition) is 4. The summed E-state index contributed by atoms with van der Waals surface area (Å²) in [4.78, 5) is 26.3. The van der Waals surface area contributed by atoms with E-state index in [1.807, 2.05) is 43.3 Å². The van der Waals surface area contributed by atoms with Crippen LogP contribution in [0, 0.1) is 0 Å². The van der Waals surface area contributed by atoms with E-state index < -0.39 is 0 Å². The lowest BCUT2D eigenvalue weighted by atomic mass is 10.2. The number of methoxy groups -OCH3 is 1. The van der Waals surface area contributed by atoms with Crippen molar-refractivity contribution in [1.82, 2.24) is 5.32 Å². The average molecular weight is 369 g/mol. The third-order valence-corrected chi connectivity index (χ3v) is 4.27. The first-order valence-corrected chi connectivity index (χ1v) is 8.84. The van der Waals surface area contributed by atoms with Crippen LogP contribution in [0.2, 0.25) is 0 Å². The first-order valence-electron chi connectivity index (χ1n) is 8.84. The number of para-hydroxylation sites is 2. The van der Waals surface area contributed by atoms with Gasteiger partial charge in [0, 0.05) is 18.7 Å². The lowest BCUT2D eigenvalue weighted by molar-refractivity contribution is -0.117. The van der Waals surface area contributed by atoms with Crippen LogP contribution in [0.1, 0.15) is 13.3 Å². The highest BCUT2D eigenvalue weighted by molar-refractivity contribution is 5.98. The zero-order chi connectivity index (χ0) is 19.2. The second-order valence-corrected chi connectivity index (χ2v) is 6.13. The zero-order valence-corrected chi connectivity index (χ0v) is 15.4. The Morgan fingerprint density at radius 3 is 2.63 bits per heavy atom. The predicted octanol–water partition coefficient (Wildman–Crippen LogP) is 3.02. The predicted molar refractivity (Wildman–Crippen MR) is 104 cm³/mol. The van der Waals surface area contributed by atoms with Crippen LogP contribution in [0.4, 0.5) is 16.2 Å². The molecule has 0 bridgehead atoms. The Balaban J connectivity index is 1.59. The van der Waals surface area contributed by atoms with Crippen molar-refractivity contribution in [3.63, 3.8) is 0 Å². The largest absolute Gasteiger partial charge is 0.495 e. The fourth-order valence-corrected chi connectivity index (χ4v) is 3.03. The van der Waals surface area contributed by atoms with Gasteiger partial charge >= 0.3 is 6.03 Å². The molecule has 0 aromatic heterocycles. The van der Waals surface area contributed by atoms with Gasteiger partial charge in [-0.25, -0.2) is 4.79 Å². The molecule has 0 saturated carbocycles. The van der Waals surface area contributed by atoms with E-state index in [4.69, 9.17) is 9.47 Å². The molecule has 1 fully saturated rings. The van der Waals surface area contributed by atoms with Gasteiger partial charge in [0.15, 0.2) is 0 Å².